The van der Waals surface area contributed by atoms with E-state index in [9.17, 15) is 30.0 Å². The summed E-state index contributed by atoms with van der Waals surface area (Å²) in [7, 11) is 0. The number of ketones is 1. The number of cyclic esters (lactones) is 1. The lowest BCUT2D eigenvalue weighted by Gasteiger charge is -2.63. The smallest absolute Gasteiger partial charge is 0.334 e. The van der Waals surface area contributed by atoms with Gasteiger partial charge in [0.15, 0.2) is 5.78 Å². The van der Waals surface area contributed by atoms with Gasteiger partial charge in [0.05, 0.1) is 22.7 Å². The van der Waals surface area contributed by atoms with Crippen LogP contribution in [0.15, 0.2) is 23.3 Å². The highest BCUT2D eigenvalue weighted by molar-refractivity contribution is 5.98. The number of allylic oxidation sites excluding steroid dienone is 1. The van der Waals surface area contributed by atoms with E-state index in [1.54, 1.807) is 13.8 Å². The van der Waals surface area contributed by atoms with Crippen LogP contribution >= 0.6 is 0 Å². The molecule has 5 aliphatic rings. The average molecular weight is 519 g/mol. The number of hydrogen-bond donors (Lipinski definition) is 4. The molecule has 4 N–H and O–H groups in total. The van der Waals surface area contributed by atoms with Gasteiger partial charge in [-0.3, -0.25) is 4.79 Å². The molecule has 5 rings (SSSR count). The van der Waals surface area contributed by atoms with Gasteiger partial charge in [-0.1, -0.05) is 12.5 Å². The Morgan fingerprint density at radius 1 is 1.19 bits per heavy atom. The molecule has 0 aromatic carbocycles. The molecule has 3 aliphatic carbocycles. The second kappa shape index (κ2) is 8.46. The monoisotopic (exact) mass is 518 g/mol. The number of hydrogen-bond acceptors (Lipinski definition) is 8. The minimum absolute atomic E-state index is 0.0816. The fraction of sp³-hybridized carbons (Fsp3) is 0.793. The molecule has 1 spiro atoms. The summed E-state index contributed by atoms with van der Waals surface area (Å²) in [6.45, 7) is 9.04. The fourth-order valence-electron chi connectivity index (χ4n) is 8.75. The van der Waals surface area contributed by atoms with Crippen molar-refractivity contribution in [2.24, 2.45) is 22.7 Å². The van der Waals surface area contributed by atoms with Gasteiger partial charge in [0.25, 0.3) is 0 Å². The minimum Gasteiger partial charge on any atom is -0.456 e. The van der Waals surface area contributed by atoms with Crippen molar-refractivity contribution in [2.75, 3.05) is 6.61 Å². The van der Waals surface area contributed by atoms with E-state index in [4.69, 9.17) is 9.47 Å². The molecule has 8 nitrogen and oxygen atoms in total. The van der Waals surface area contributed by atoms with Crippen LogP contribution in [0.5, 0.6) is 0 Å². The van der Waals surface area contributed by atoms with Crippen LogP contribution in [0.2, 0.25) is 0 Å². The van der Waals surface area contributed by atoms with E-state index >= 15 is 0 Å². The quantitative estimate of drug-likeness (QED) is 0.311. The molecule has 1 saturated heterocycles. The van der Waals surface area contributed by atoms with Crippen molar-refractivity contribution in [1.29, 1.82) is 0 Å². The normalized spacial score (nSPS) is 48.5. The van der Waals surface area contributed by atoms with Crippen LogP contribution in [0.3, 0.4) is 0 Å². The summed E-state index contributed by atoms with van der Waals surface area (Å²) in [5.41, 5.74) is -3.95. The molecule has 2 saturated carbocycles. The first-order valence-corrected chi connectivity index (χ1v) is 13.7. The third-order valence-electron chi connectivity index (χ3n) is 11.2. The van der Waals surface area contributed by atoms with E-state index in [-0.39, 0.29) is 36.8 Å². The van der Waals surface area contributed by atoms with Crippen LogP contribution in [0.25, 0.3) is 0 Å². The molecular weight excluding hydrogens is 476 g/mol. The second-order valence-electron chi connectivity index (χ2n) is 13.1. The molecule has 37 heavy (non-hydrogen) atoms. The van der Waals surface area contributed by atoms with Gasteiger partial charge >= 0.3 is 5.97 Å². The van der Waals surface area contributed by atoms with Crippen molar-refractivity contribution in [3.05, 3.63) is 23.3 Å². The van der Waals surface area contributed by atoms with Gasteiger partial charge in [0.1, 0.15) is 17.8 Å². The Morgan fingerprint density at radius 3 is 2.54 bits per heavy atom. The Hall–Kier alpha value is -1.58. The molecule has 10 atom stereocenters. The fourth-order valence-corrected chi connectivity index (χ4v) is 8.75. The van der Waals surface area contributed by atoms with Crippen molar-refractivity contribution in [3.63, 3.8) is 0 Å². The minimum atomic E-state index is -1.40. The first-order valence-electron chi connectivity index (χ1n) is 13.7. The largest absolute Gasteiger partial charge is 0.456 e. The Balaban J connectivity index is 1.50. The number of epoxide rings is 1. The lowest BCUT2D eigenvalue weighted by atomic mass is 9.42. The third kappa shape index (κ3) is 3.52. The first-order chi connectivity index (χ1) is 17.2. The van der Waals surface area contributed by atoms with Gasteiger partial charge in [-0.2, -0.15) is 0 Å². The Kier molecular flexibility index (Phi) is 6.17. The van der Waals surface area contributed by atoms with Crippen molar-refractivity contribution in [1.82, 2.24) is 0 Å². The van der Waals surface area contributed by atoms with E-state index in [0.717, 1.165) is 5.57 Å². The second-order valence-corrected chi connectivity index (χ2v) is 13.1. The zero-order chi connectivity index (χ0) is 27.2. The average Bonchev–Trinajstić information content (AvgIpc) is 3.57. The molecule has 0 aromatic rings. The van der Waals surface area contributed by atoms with Crippen LogP contribution in [0.1, 0.15) is 79.6 Å². The summed E-state index contributed by atoms with van der Waals surface area (Å²) in [4.78, 5) is 25.8. The van der Waals surface area contributed by atoms with E-state index in [0.29, 0.717) is 44.1 Å². The molecule has 0 aromatic heterocycles. The maximum Gasteiger partial charge on any atom is 0.334 e. The zero-order valence-electron chi connectivity index (χ0n) is 22.6. The van der Waals surface area contributed by atoms with Crippen molar-refractivity contribution >= 4 is 11.8 Å². The van der Waals surface area contributed by atoms with Gasteiger partial charge in [0, 0.05) is 18.6 Å². The highest BCUT2D eigenvalue weighted by Gasteiger charge is 2.81. The Morgan fingerprint density at radius 2 is 1.89 bits per heavy atom. The summed E-state index contributed by atoms with van der Waals surface area (Å²) in [5.74, 6) is -1.05. The van der Waals surface area contributed by atoms with E-state index in [1.807, 2.05) is 20.8 Å². The lowest BCUT2D eigenvalue weighted by Crippen LogP contribution is -2.69. The maximum atomic E-state index is 13.4. The van der Waals surface area contributed by atoms with Crippen molar-refractivity contribution in [2.45, 2.75) is 115 Å². The molecule has 2 aliphatic heterocycles. The summed E-state index contributed by atoms with van der Waals surface area (Å²) in [6.07, 6.45) is 3.99. The van der Waals surface area contributed by atoms with Crippen LogP contribution < -0.4 is 0 Å². The SMILES string of the molecule is CC1=C(C)C(=O)OC(C(C)(O)C[C@@]2(C)CCC3C(C[C@H]4O[C@]45[C@H](O)C=CC(=O)[C@]35C)[C@]2(O)CCCO)C1. The molecule has 206 valence electrons. The summed E-state index contributed by atoms with van der Waals surface area (Å²) in [5, 5.41) is 45.0. The highest BCUT2D eigenvalue weighted by Crippen LogP contribution is 2.72. The van der Waals surface area contributed by atoms with Gasteiger partial charge in [-0.25, -0.2) is 4.79 Å². The van der Waals surface area contributed by atoms with E-state index < -0.39 is 45.8 Å². The lowest BCUT2D eigenvalue weighted by molar-refractivity contribution is -0.228. The Labute approximate surface area is 218 Å². The molecule has 3 fully saturated rings. The van der Waals surface area contributed by atoms with Crippen LogP contribution in [-0.4, -0.2) is 73.9 Å². The van der Waals surface area contributed by atoms with E-state index in [2.05, 4.69) is 0 Å². The number of carbonyl (C=O) groups is 2. The summed E-state index contributed by atoms with van der Waals surface area (Å²) >= 11 is 0. The highest BCUT2D eigenvalue weighted by atomic mass is 16.6. The number of ether oxygens (including phenoxy) is 2. The van der Waals surface area contributed by atoms with Crippen LogP contribution in [0, 0.1) is 22.7 Å². The molecular formula is C29H42O8. The summed E-state index contributed by atoms with van der Waals surface area (Å²) in [6, 6.07) is 0. The molecule has 0 radical (unpaired) electrons. The predicted octanol–water partition coefficient (Wildman–Crippen LogP) is 2.36. The van der Waals surface area contributed by atoms with Crippen molar-refractivity contribution < 1.29 is 39.5 Å². The number of fused-ring (bicyclic) bond motifs is 2. The van der Waals surface area contributed by atoms with Gasteiger partial charge < -0.3 is 29.9 Å². The molecule has 0 bridgehead atoms. The molecule has 0 amide bonds. The number of aliphatic hydroxyl groups excluding tert-OH is 2. The molecule has 2 heterocycles. The summed E-state index contributed by atoms with van der Waals surface area (Å²) < 4.78 is 11.8. The van der Waals surface area contributed by atoms with Gasteiger partial charge in [-0.15, -0.1) is 0 Å². The van der Waals surface area contributed by atoms with Crippen LogP contribution in [0.4, 0.5) is 0 Å². The number of carbonyl (C=O) groups excluding carboxylic acids is 2. The third-order valence-corrected chi connectivity index (χ3v) is 11.2. The van der Waals surface area contributed by atoms with Crippen LogP contribution in [-0.2, 0) is 19.1 Å². The number of aliphatic hydroxyl groups is 4. The van der Waals surface area contributed by atoms with Gasteiger partial charge in [-0.05, 0) is 95.6 Å². The number of rotatable bonds is 6. The van der Waals surface area contributed by atoms with Gasteiger partial charge in [0.2, 0.25) is 0 Å². The molecule has 8 heteroatoms. The molecule has 4 unspecified atom stereocenters. The predicted molar refractivity (Wildman–Crippen MR) is 134 cm³/mol. The topological polar surface area (TPSA) is 137 Å². The Bertz CT molecular complexity index is 1060. The van der Waals surface area contributed by atoms with E-state index in [1.165, 1.54) is 12.2 Å². The first kappa shape index (κ1) is 27.0. The standard InChI is InChI=1S/C29H42O8/c1-16-13-22(36-24(33)17(16)2)26(4,34)15-25(3)11-9-18-19(28(25,35)10-6-12-30)14-23-29(37-23)21(32)8-7-20(31)27(18,29)5/h7-8,18-19,21-23,30,32,34-35H,6,9-15H2,1-5H3/t18?,19?,21-,22?,23-,25-,26?,27+,28-,29-/m1/s1. The zero-order valence-corrected chi connectivity index (χ0v) is 22.6. The van der Waals surface area contributed by atoms with Crippen molar-refractivity contribution in [3.8, 4) is 0 Å². The number of esters is 1. The maximum absolute atomic E-state index is 13.4.